The van der Waals surface area contributed by atoms with Gasteiger partial charge < -0.3 is 5.73 Å². The summed E-state index contributed by atoms with van der Waals surface area (Å²) in [5.41, 5.74) is 8.64. The van der Waals surface area contributed by atoms with Gasteiger partial charge in [0, 0.05) is 5.69 Å². The summed E-state index contributed by atoms with van der Waals surface area (Å²) < 4.78 is 27.1. The smallest absolute Gasteiger partial charge is 0.273 e. The monoisotopic (exact) mass is 297 g/mol. The topological polar surface area (TPSA) is 85.1 Å². The zero-order valence-electron chi connectivity index (χ0n) is 10.9. The summed E-state index contributed by atoms with van der Waals surface area (Å²) in [5.74, 6) is 0. The second-order valence-corrected chi connectivity index (χ2v) is 7.42. The van der Waals surface area contributed by atoms with Crippen molar-refractivity contribution in [1.82, 2.24) is 4.98 Å². The molecule has 19 heavy (non-hydrogen) atoms. The first-order chi connectivity index (χ1) is 8.81. The highest BCUT2D eigenvalue weighted by atomic mass is 32.2. The molecule has 2 rings (SSSR count). The molecule has 0 spiro atoms. The van der Waals surface area contributed by atoms with Crippen molar-refractivity contribution in [2.75, 3.05) is 10.5 Å². The average Bonchev–Trinajstić information content (AvgIpc) is 2.78. The third kappa shape index (κ3) is 2.71. The molecule has 0 fully saturated rings. The number of nitrogens with two attached hydrogens (primary N) is 1. The molecular weight excluding hydrogens is 282 g/mol. The SMILES string of the molecule is Cc1ncc(S(=O)(=O)Nc2ccc(C)c(N)c2C)s1. The van der Waals surface area contributed by atoms with E-state index in [4.69, 9.17) is 5.73 Å². The fraction of sp³-hybridized carbons (Fsp3) is 0.250. The molecule has 0 aliphatic rings. The van der Waals surface area contributed by atoms with E-state index in [1.54, 1.807) is 26.0 Å². The van der Waals surface area contributed by atoms with Gasteiger partial charge in [-0.25, -0.2) is 13.4 Å². The maximum absolute atomic E-state index is 12.2. The lowest BCUT2D eigenvalue weighted by Crippen LogP contribution is -2.13. The fourth-order valence-corrected chi connectivity index (χ4v) is 3.87. The molecule has 7 heteroatoms. The summed E-state index contributed by atoms with van der Waals surface area (Å²) in [6, 6.07) is 3.50. The predicted octanol–water partition coefficient (Wildman–Crippen LogP) is 2.45. The Morgan fingerprint density at radius 3 is 2.53 bits per heavy atom. The van der Waals surface area contributed by atoms with Crippen LogP contribution in [0.25, 0.3) is 0 Å². The number of hydrogen-bond donors (Lipinski definition) is 2. The number of sulfonamides is 1. The molecule has 0 aliphatic carbocycles. The number of nitrogens with one attached hydrogen (secondary N) is 1. The Bertz CT molecular complexity index is 721. The molecule has 1 heterocycles. The van der Waals surface area contributed by atoms with Crippen molar-refractivity contribution in [3.63, 3.8) is 0 Å². The predicted molar refractivity (Wildman–Crippen MR) is 78.0 cm³/mol. The van der Waals surface area contributed by atoms with Gasteiger partial charge in [0.05, 0.1) is 16.9 Å². The molecule has 0 saturated carbocycles. The van der Waals surface area contributed by atoms with E-state index < -0.39 is 10.0 Å². The minimum atomic E-state index is -3.59. The number of anilines is 2. The van der Waals surface area contributed by atoms with Crippen LogP contribution in [0.15, 0.2) is 22.5 Å². The van der Waals surface area contributed by atoms with E-state index in [0.717, 1.165) is 22.5 Å². The van der Waals surface area contributed by atoms with Crippen LogP contribution in [0.5, 0.6) is 0 Å². The Morgan fingerprint density at radius 2 is 1.95 bits per heavy atom. The van der Waals surface area contributed by atoms with Crippen molar-refractivity contribution in [2.45, 2.75) is 25.0 Å². The lowest BCUT2D eigenvalue weighted by molar-refractivity contribution is 0.603. The lowest BCUT2D eigenvalue weighted by atomic mass is 10.1. The average molecular weight is 297 g/mol. The molecule has 5 nitrogen and oxygen atoms in total. The van der Waals surface area contributed by atoms with Crippen LogP contribution < -0.4 is 10.5 Å². The molecule has 3 N–H and O–H groups in total. The highest BCUT2D eigenvalue weighted by Gasteiger charge is 2.18. The third-order valence-electron chi connectivity index (χ3n) is 2.84. The van der Waals surface area contributed by atoms with Gasteiger partial charge in [0.2, 0.25) is 0 Å². The Kier molecular flexibility index (Phi) is 3.51. The van der Waals surface area contributed by atoms with Crippen LogP contribution in [0.1, 0.15) is 16.1 Å². The van der Waals surface area contributed by atoms with E-state index in [2.05, 4.69) is 9.71 Å². The Balaban J connectivity index is 2.39. The lowest BCUT2D eigenvalue weighted by Gasteiger charge is -2.12. The number of aryl methyl sites for hydroxylation is 2. The standard InChI is InChI=1S/C12H15N3O2S2/c1-7-4-5-10(8(2)12(7)13)15-19(16,17)11-6-14-9(3)18-11/h4-6,15H,13H2,1-3H3. The first-order valence-electron chi connectivity index (χ1n) is 5.62. The summed E-state index contributed by atoms with van der Waals surface area (Å²) in [5, 5.41) is 0.709. The van der Waals surface area contributed by atoms with Gasteiger partial charge in [-0.1, -0.05) is 6.07 Å². The van der Waals surface area contributed by atoms with E-state index in [9.17, 15) is 8.42 Å². The van der Waals surface area contributed by atoms with Gasteiger partial charge in [-0.05, 0) is 38.0 Å². The van der Waals surface area contributed by atoms with Crippen molar-refractivity contribution >= 4 is 32.7 Å². The van der Waals surface area contributed by atoms with Gasteiger partial charge in [0.25, 0.3) is 10.0 Å². The normalized spacial score (nSPS) is 11.5. The molecule has 2 aromatic rings. The van der Waals surface area contributed by atoms with Gasteiger partial charge in [-0.3, -0.25) is 4.72 Å². The minimum Gasteiger partial charge on any atom is -0.398 e. The maximum Gasteiger partial charge on any atom is 0.273 e. The third-order valence-corrected chi connectivity index (χ3v) is 5.58. The summed E-state index contributed by atoms with van der Waals surface area (Å²) in [6.07, 6.45) is 1.36. The zero-order chi connectivity index (χ0) is 14.2. The fourth-order valence-electron chi connectivity index (χ4n) is 1.64. The van der Waals surface area contributed by atoms with Crippen LogP contribution >= 0.6 is 11.3 Å². The molecule has 1 aromatic heterocycles. The Labute approximate surface area is 116 Å². The highest BCUT2D eigenvalue weighted by molar-refractivity contribution is 7.94. The Morgan fingerprint density at radius 1 is 1.26 bits per heavy atom. The molecule has 1 aromatic carbocycles. The van der Waals surface area contributed by atoms with Crippen LogP contribution in [0.4, 0.5) is 11.4 Å². The van der Waals surface area contributed by atoms with E-state index in [1.165, 1.54) is 6.20 Å². The number of benzene rings is 1. The number of aromatic nitrogens is 1. The number of nitrogen functional groups attached to an aromatic ring is 1. The van der Waals surface area contributed by atoms with Crippen molar-refractivity contribution in [2.24, 2.45) is 0 Å². The van der Waals surface area contributed by atoms with Crippen LogP contribution in [-0.4, -0.2) is 13.4 Å². The van der Waals surface area contributed by atoms with E-state index in [1.807, 2.05) is 6.92 Å². The van der Waals surface area contributed by atoms with Crippen LogP contribution in [-0.2, 0) is 10.0 Å². The first-order valence-corrected chi connectivity index (χ1v) is 7.92. The first kappa shape index (κ1) is 13.8. The van der Waals surface area contributed by atoms with E-state index in [-0.39, 0.29) is 4.21 Å². The molecule has 0 unspecified atom stereocenters. The van der Waals surface area contributed by atoms with Crippen LogP contribution in [0.3, 0.4) is 0 Å². The molecule has 0 amide bonds. The van der Waals surface area contributed by atoms with Crippen molar-refractivity contribution in [3.05, 3.63) is 34.5 Å². The summed E-state index contributed by atoms with van der Waals surface area (Å²) in [6.45, 7) is 5.43. The van der Waals surface area contributed by atoms with Gasteiger partial charge in [-0.15, -0.1) is 11.3 Å². The van der Waals surface area contributed by atoms with Crippen molar-refractivity contribution < 1.29 is 8.42 Å². The molecule has 102 valence electrons. The largest absolute Gasteiger partial charge is 0.398 e. The van der Waals surface area contributed by atoms with Crippen molar-refractivity contribution in [1.29, 1.82) is 0 Å². The van der Waals surface area contributed by atoms with E-state index >= 15 is 0 Å². The number of rotatable bonds is 3. The van der Waals surface area contributed by atoms with Crippen LogP contribution in [0, 0.1) is 20.8 Å². The van der Waals surface area contributed by atoms with Crippen LogP contribution in [0.2, 0.25) is 0 Å². The number of thiazole rings is 1. The minimum absolute atomic E-state index is 0.198. The molecule has 0 aliphatic heterocycles. The molecular formula is C12H15N3O2S2. The molecule has 0 saturated heterocycles. The maximum atomic E-state index is 12.2. The van der Waals surface area contributed by atoms with Gasteiger partial charge in [0.15, 0.2) is 4.21 Å². The van der Waals surface area contributed by atoms with Gasteiger partial charge in [-0.2, -0.15) is 0 Å². The zero-order valence-corrected chi connectivity index (χ0v) is 12.5. The number of nitrogens with zero attached hydrogens (tertiary/aromatic N) is 1. The number of hydrogen-bond acceptors (Lipinski definition) is 5. The summed E-state index contributed by atoms with van der Waals surface area (Å²) in [7, 11) is -3.59. The molecule has 0 bridgehead atoms. The second-order valence-electron chi connectivity index (χ2n) is 4.27. The van der Waals surface area contributed by atoms with Gasteiger partial charge in [0.1, 0.15) is 0 Å². The quantitative estimate of drug-likeness (QED) is 0.852. The molecule has 0 atom stereocenters. The highest BCUT2D eigenvalue weighted by Crippen LogP contribution is 2.27. The summed E-state index contributed by atoms with van der Waals surface area (Å²) in [4.78, 5) is 3.95. The summed E-state index contributed by atoms with van der Waals surface area (Å²) >= 11 is 1.13. The van der Waals surface area contributed by atoms with E-state index in [0.29, 0.717) is 16.4 Å². The van der Waals surface area contributed by atoms with Crippen molar-refractivity contribution in [3.8, 4) is 0 Å². The molecule has 0 radical (unpaired) electrons. The van der Waals surface area contributed by atoms with Gasteiger partial charge >= 0.3 is 0 Å². The second kappa shape index (κ2) is 4.82. The Hall–Kier alpha value is -1.60.